The summed E-state index contributed by atoms with van der Waals surface area (Å²) in [6.07, 6.45) is 1.95. The first-order valence-electron chi connectivity index (χ1n) is 5.10. The van der Waals surface area contributed by atoms with Gasteiger partial charge in [0.1, 0.15) is 0 Å². The van der Waals surface area contributed by atoms with Crippen LogP contribution in [0, 0.1) is 0 Å². The highest BCUT2D eigenvalue weighted by Gasteiger charge is 2.14. The monoisotopic (exact) mass is 187 g/mol. The molecular weight excluding hydrogens is 166 g/mol. The largest absolute Gasteiger partial charge is 0.390 e. The third kappa shape index (κ3) is 5.24. The Morgan fingerprint density at radius 1 is 1.31 bits per heavy atom. The number of nitrogens with zero attached hydrogens (tertiary/aromatic N) is 1. The Morgan fingerprint density at radius 2 is 1.92 bits per heavy atom. The van der Waals surface area contributed by atoms with Gasteiger partial charge < -0.3 is 9.84 Å². The van der Waals surface area contributed by atoms with Gasteiger partial charge >= 0.3 is 0 Å². The van der Waals surface area contributed by atoms with Crippen LogP contribution in [0.4, 0.5) is 0 Å². The van der Waals surface area contributed by atoms with Gasteiger partial charge in [0.15, 0.2) is 0 Å². The summed E-state index contributed by atoms with van der Waals surface area (Å²) >= 11 is 0. The molecule has 3 heteroatoms. The molecule has 1 N–H and O–H groups in total. The molecule has 1 heterocycles. The maximum absolute atomic E-state index is 9.50. The average molecular weight is 187 g/mol. The molecule has 0 aromatic rings. The molecule has 3 nitrogen and oxygen atoms in total. The van der Waals surface area contributed by atoms with Crippen LogP contribution in [0.25, 0.3) is 0 Å². The van der Waals surface area contributed by atoms with Crippen molar-refractivity contribution in [2.75, 3.05) is 32.8 Å². The van der Waals surface area contributed by atoms with Crippen molar-refractivity contribution in [1.29, 1.82) is 0 Å². The summed E-state index contributed by atoms with van der Waals surface area (Å²) in [4.78, 5) is 2.40. The summed E-state index contributed by atoms with van der Waals surface area (Å²) in [5.74, 6) is 0. The summed E-state index contributed by atoms with van der Waals surface area (Å²) < 4.78 is 5.26. The smallest absolute Gasteiger partial charge is 0.0594 e. The fourth-order valence-electron chi connectivity index (χ4n) is 1.56. The second kappa shape index (κ2) is 4.94. The molecule has 1 aliphatic heterocycles. The molecule has 0 spiro atoms. The second-order valence-corrected chi connectivity index (χ2v) is 4.37. The Hall–Kier alpha value is -0.120. The van der Waals surface area contributed by atoms with Crippen LogP contribution in [0.15, 0.2) is 0 Å². The van der Waals surface area contributed by atoms with E-state index in [1.807, 2.05) is 13.8 Å². The molecule has 0 amide bonds. The lowest BCUT2D eigenvalue weighted by atomic mass is 10.0. The molecule has 13 heavy (non-hydrogen) atoms. The molecule has 1 rings (SSSR count). The Morgan fingerprint density at radius 3 is 2.46 bits per heavy atom. The van der Waals surface area contributed by atoms with E-state index in [2.05, 4.69) is 4.90 Å². The lowest BCUT2D eigenvalue weighted by Gasteiger charge is -2.27. The summed E-state index contributed by atoms with van der Waals surface area (Å²) in [6.45, 7) is 8.65. The second-order valence-electron chi connectivity index (χ2n) is 4.37. The minimum atomic E-state index is -0.508. The molecule has 0 unspecified atom stereocenters. The van der Waals surface area contributed by atoms with E-state index < -0.39 is 5.60 Å². The zero-order valence-electron chi connectivity index (χ0n) is 8.75. The molecule has 1 saturated heterocycles. The van der Waals surface area contributed by atoms with E-state index in [1.165, 1.54) is 0 Å². The Kier molecular flexibility index (Phi) is 4.16. The van der Waals surface area contributed by atoms with E-state index in [1.54, 1.807) is 0 Å². The van der Waals surface area contributed by atoms with Crippen LogP contribution in [0.3, 0.4) is 0 Å². The Labute approximate surface area is 80.7 Å². The lowest BCUT2D eigenvalue weighted by Crippen LogP contribution is -2.37. The SMILES string of the molecule is CC(C)(O)CCCN1CCOCC1. The zero-order chi connectivity index (χ0) is 9.73. The predicted molar refractivity (Wildman–Crippen MR) is 52.8 cm³/mol. The standard InChI is InChI=1S/C10H21NO2/c1-10(2,12)4-3-5-11-6-8-13-9-7-11/h12H,3-9H2,1-2H3. The van der Waals surface area contributed by atoms with Crippen LogP contribution in [0.1, 0.15) is 26.7 Å². The molecule has 78 valence electrons. The molecule has 1 aliphatic rings. The first-order valence-corrected chi connectivity index (χ1v) is 5.10. The molecular formula is C10H21NO2. The van der Waals surface area contributed by atoms with Crippen molar-refractivity contribution in [3.05, 3.63) is 0 Å². The molecule has 0 bridgehead atoms. The zero-order valence-corrected chi connectivity index (χ0v) is 8.75. The van der Waals surface area contributed by atoms with Gasteiger partial charge in [-0.3, -0.25) is 4.90 Å². The maximum atomic E-state index is 9.50. The highest BCUT2D eigenvalue weighted by molar-refractivity contribution is 4.68. The van der Waals surface area contributed by atoms with Crippen molar-refractivity contribution in [1.82, 2.24) is 4.90 Å². The Bertz CT molecular complexity index is 136. The van der Waals surface area contributed by atoms with Crippen LogP contribution in [-0.2, 0) is 4.74 Å². The number of hydrogen-bond donors (Lipinski definition) is 1. The van der Waals surface area contributed by atoms with Gasteiger partial charge in [0.2, 0.25) is 0 Å². The van der Waals surface area contributed by atoms with E-state index in [4.69, 9.17) is 4.74 Å². The summed E-state index contributed by atoms with van der Waals surface area (Å²) in [5, 5.41) is 9.50. The predicted octanol–water partition coefficient (Wildman–Crippen LogP) is 0.870. The van der Waals surface area contributed by atoms with Crippen molar-refractivity contribution in [2.45, 2.75) is 32.3 Å². The van der Waals surface area contributed by atoms with E-state index in [-0.39, 0.29) is 0 Å². The number of rotatable bonds is 4. The van der Waals surface area contributed by atoms with Crippen LogP contribution < -0.4 is 0 Å². The van der Waals surface area contributed by atoms with Crippen LogP contribution in [0.2, 0.25) is 0 Å². The lowest BCUT2D eigenvalue weighted by molar-refractivity contribution is 0.0289. The van der Waals surface area contributed by atoms with Crippen molar-refractivity contribution in [2.24, 2.45) is 0 Å². The van der Waals surface area contributed by atoms with Gasteiger partial charge in [-0.25, -0.2) is 0 Å². The molecule has 0 aromatic heterocycles. The number of aliphatic hydroxyl groups is 1. The Balaban J connectivity index is 2.04. The van der Waals surface area contributed by atoms with Crippen molar-refractivity contribution in [3.8, 4) is 0 Å². The topological polar surface area (TPSA) is 32.7 Å². The van der Waals surface area contributed by atoms with Crippen molar-refractivity contribution >= 4 is 0 Å². The molecule has 0 atom stereocenters. The number of morpholine rings is 1. The first-order chi connectivity index (χ1) is 6.08. The van der Waals surface area contributed by atoms with E-state index in [0.29, 0.717) is 0 Å². The molecule has 0 radical (unpaired) electrons. The molecule has 0 aliphatic carbocycles. The number of ether oxygens (including phenoxy) is 1. The fraction of sp³-hybridized carbons (Fsp3) is 1.00. The third-order valence-electron chi connectivity index (χ3n) is 2.37. The summed E-state index contributed by atoms with van der Waals surface area (Å²) in [5.41, 5.74) is -0.508. The number of hydrogen-bond acceptors (Lipinski definition) is 3. The first kappa shape index (κ1) is 11.0. The van der Waals surface area contributed by atoms with Crippen LogP contribution in [-0.4, -0.2) is 48.5 Å². The van der Waals surface area contributed by atoms with Crippen molar-refractivity contribution in [3.63, 3.8) is 0 Å². The molecule has 0 aromatic carbocycles. The average Bonchev–Trinajstić information content (AvgIpc) is 2.04. The quantitative estimate of drug-likeness (QED) is 0.709. The van der Waals surface area contributed by atoms with Gasteiger partial charge in [-0.15, -0.1) is 0 Å². The minimum absolute atomic E-state index is 0.508. The van der Waals surface area contributed by atoms with Gasteiger partial charge in [-0.05, 0) is 33.2 Å². The van der Waals surface area contributed by atoms with Crippen molar-refractivity contribution < 1.29 is 9.84 Å². The van der Waals surface area contributed by atoms with Gasteiger partial charge in [0.25, 0.3) is 0 Å². The highest BCUT2D eigenvalue weighted by Crippen LogP contribution is 2.11. The van der Waals surface area contributed by atoms with Crippen LogP contribution >= 0.6 is 0 Å². The van der Waals surface area contributed by atoms with Crippen LogP contribution in [0.5, 0.6) is 0 Å². The van der Waals surface area contributed by atoms with E-state index >= 15 is 0 Å². The third-order valence-corrected chi connectivity index (χ3v) is 2.37. The highest BCUT2D eigenvalue weighted by atomic mass is 16.5. The summed E-state index contributed by atoms with van der Waals surface area (Å²) in [6, 6.07) is 0. The normalized spacial score (nSPS) is 20.5. The van der Waals surface area contributed by atoms with E-state index in [0.717, 1.165) is 45.7 Å². The van der Waals surface area contributed by atoms with Gasteiger partial charge in [-0.2, -0.15) is 0 Å². The molecule has 1 fully saturated rings. The molecule has 0 saturated carbocycles. The minimum Gasteiger partial charge on any atom is -0.390 e. The fourth-order valence-corrected chi connectivity index (χ4v) is 1.56. The summed E-state index contributed by atoms with van der Waals surface area (Å²) in [7, 11) is 0. The van der Waals surface area contributed by atoms with E-state index in [9.17, 15) is 5.11 Å². The van der Waals surface area contributed by atoms with Gasteiger partial charge in [-0.1, -0.05) is 0 Å². The maximum Gasteiger partial charge on any atom is 0.0594 e. The van der Waals surface area contributed by atoms with Gasteiger partial charge in [0, 0.05) is 13.1 Å². The van der Waals surface area contributed by atoms with Gasteiger partial charge in [0.05, 0.1) is 18.8 Å².